The first-order valence-corrected chi connectivity index (χ1v) is 6.66. The van der Waals surface area contributed by atoms with Crippen molar-refractivity contribution in [2.75, 3.05) is 0 Å². The van der Waals surface area contributed by atoms with Gasteiger partial charge >= 0.3 is 0 Å². The molecule has 7 nitrogen and oxygen atoms in total. The summed E-state index contributed by atoms with van der Waals surface area (Å²) >= 11 is 0. The van der Waals surface area contributed by atoms with Gasteiger partial charge in [-0.05, 0) is 31.2 Å². The predicted octanol–water partition coefficient (Wildman–Crippen LogP) is 3.09. The molecule has 0 saturated heterocycles. The molecule has 0 amide bonds. The molecule has 7 heteroatoms. The zero-order valence-electron chi connectivity index (χ0n) is 11.6. The molecule has 108 valence electrons. The van der Waals surface area contributed by atoms with Crippen molar-refractivity contribution in [3.63, 3.8) is 0 Å². The van der Waals surface area contributed by atoms with Gasteiger partial charge in [0, 0.05) is 24.0 Å². The molecule has 0 radical (unpaired) electrons. The van der Waals surface area contributed by atoms with Crippen molar-refractivity contribution in [1.82, 2.24) is 25.3 Å². The molecule has 0 aliphatic rings. The Kier molecular flexibility index (Phi) is 2.82. The average Bonchev–Trinajstić information content (AvgIpc) is 3.27. The van der Waals surface area contributed by atoms with Crippen LogP contribution in [0.25, 0.3) is 34.4 Å². The minimum Gasteiger partial charge on any atom is -0.460 e. The summed E-state index contributed by atoms with van der Waals surface area (Å²) in [5, 5.41) is 11.0. The van der Waals surface area contributed by atoms with E-state index in [-0.39, 0.29) is 0 Å². The second-order valence-electron chi connectivity index (χ2n) is 4.74. The van der Waals surface area contributed by atoms with Gasteiger partial charge in [0.1, 0.15) is 17.1 Å². The summed E-state index contributed by atoms with van der Waals surface area (Å²) in [7, 11) is 0. The summed E-state index contributed by atoms with van der Waals surface area (Å²) in [6, 6.07) is 9.20. The van der Waals surface area contributed by atoms with E-state index >= 15 is 0 Å². The van der Waals surface area contributed by atoms with Gasteiger partial charge in [0.15, 0.2) is 5.76 Å². The molecule has 22 heavy (non-hydrogen) atoms. The lowest BCUT2D eigenvalue weighted by atomic mass is 10.2. The van der Waals surface area contributed by atoms with Gasteiger partial charge in [0.05, 0.1) is 0 Å². The number of H-pyrrole nitrogens is 1. The summed E-state index contributed by atoms with van der Waals surface area (Å²) in [6.45, 7) is 1.88. The molecular weight excluding hydrogens is 282 g/mol. The molecular formula is C15H11N5O2. The highest BCUT2D eigenvalue weighted by molar-refractivity contribution is 5.62. The summed E-state index contributed by atoms with van der Waals surface area (Å²) in [6.07, 6.45) is 3.36. The number of nitrogens with zero attached hydrogens (tertiary/aromatic N) is 4. The van der Waals surface area contributed by atoms with Crippen LogP contribution in [-0.4, -0.2) is 25.3 Å². The topological polar surface area (TPSA) is 93.6 Å². The van der Waals surface area contributed by atoms with Crippen LogP contribution in [0.2, 0.25) is 0 Å². The van der Waals surface area contributed by atoms with E-state index in [0.717, 1.165) is 11.3 Å². The standard InChI is InChI=1S/C15H11N5O2/c1-9-2-3-13(21-9)11-8-12(19-18-11)15-17-14(20-22-15)10-4-6-16-7-5-10/h2-8H,1H3,(H,18,19). The number of hydrogen-bond donors (Lipinski definition) is 1. The van der Waals surface area contributed by atoms with Crippen molar-refractivity contribution in [3.05, 3.63) is 48.5 Å². The lowest BCUT2D eigenvalue weighted by molar-refractivity contribution is 0.431. The van der Waals surface area contributed by atoms with Crippen LogP contribution in [0.4, 0.5) is 0 Å². The Bertz CT molecular complexity index is 907. The van der Waals surface area contributed by atoms with E-state index in [1.165, 1.54) is 0 Å². The van der Waals surface area contributed by atoms with Crippen LogP contribution in [0.1, 0.15) is 5.76 Å². The fourth-order valence-electron chi connectivity index (χ4n) is 2.08. The molecule has 4 heterocycles. The second kappa shape index (κ2) is 4.96. The van der Waals surface area contributed by atoms with E-state index in [0.29, 0.717) is 28.9 Å². The minimum absolute atomic E-state index is 0.369. The molecule has 0 unspecified atom stereocenters. The van der Waals surface area contributed by atoms with E-state index in [1.807, 2.05) is 37.3 Å². The zero-order chi connectivity index (χ0) is 14.9. The third-order valence-corrected chi connectivity index (χ3v) is 3.17. The van der Waals surface area contributed by atoms with Gasteiger partial charge in [-0.25, -0.2) is 0 Å². The third-order valence-electron chi connectivity index (χ3n) is 3.17. The van der Waals surface area contributed by atoms with Gasteiger partial charge in [0.25, 0.3) is 5.89 Å². The van der Waals surface area contributed by atoms with Crippen LogP contribution < -0.4 is 0 Å². The SMILES string of the molecule is Cc1ccc(-c2cc(-c3nc(-c4ccncc4)no3)[nH]n2)o1. The zero-order valence-corrected chi connectivity index (χ0v) is 11.6. The number of nitrogens with one attached hydrogen (secondary N) is 1. The van der Waals surface area contributed by atoms with E-state index in [4.69, 9.17) is 8.94 Å². The van der Waals surface area contributed by atoms with Crippen molar-refractivity contribution in [1.29, 1.82) is 0 Å². The number of furan rings is 1. The fraction of sp³-hybridized carbons (Fsp3) is 0.0667. The van der Waals surface area contributed by atoms with Crippen LogP contribution in [-0.2, 0) is 0 Å². The Labute approximate surface area is 125 Å². The first-order valence-electron chi connectivity index (χ1n) is 6.66. The maximum atomic E-state index is 5.54. The Morgan fingerprint density at radius 2 is 1.95 bits per heavy atom. The largest absolute Gasteiger partial charge is 0.460 e. The summed E-state index contributed by atoms with van der Waals surface area (Å²) < 4.78 is 10.8. The number of rotatable bonds is 3. The number of aryl methyl sites for hydroxylation is 1. The molecule has 0 aromatic carbocycles. The molecule has 0 aliphatic carbocycles. The molecule has 0 aliphatic heterocycles. The monoisotopic (exact) mass is 293 g/mol. The van der Waals surface area contributed by atoms with Gasteiger partial charge in [-0.15, -0.1) is 0 Å². The molecule has 0 saturated carbocycles. The Morgan fingerprint density at radius 3 is 2.73 bits per heavy atom. The summed E-state index contributed by atoms with van der Waals surface area (Å²) in [5.74, 6) is 2.39. The van der Waals surface area contributed by atoms with Crippen LogP contribution in [0.15, 0.2) is 51.7 Å². The Morgan fingerprint density at radius 1 is 1.09 bits per heavy atom. The number of aromatic nitrogens is 5. The van der Waals surface area contributed by atoms with E-state index < -0.39 is 0 Å². The van der Waals surface area contributed by atoms with E-state index in [2.05, 4.69) is 25.3 Å². The smallest absolute Gasteiger partial charge is 0.276 e. The molecule has 4 aromatic rings. The van der Waals surface area contributed by atoms with Gasteiger partial charge in [-0.2, -0.15) is 10.1 Å². The van der Waals surface area contributed by atoms with Crippen LogP contribution >= 0.6 is 0 Å². The van der Waals surface area contributed by atoms with Crippen molar-refractivity contribution in [3.8, 4) is 34.4 Å². The van der Waals surface area contributed by atoms with Crippen molar-refractivity contribution >= 4 is 0 Å². The molecule has 4 rings (SSSR count). The highest BCUT2D eigenvalue weighted by Crippen LogP contribution is 2.25. The normalized spacial score (nSPS) is 11.0. The maximum absolute atomic E-state index is 5.54. The highest BCUT2D eigenvalue weighted by atomic mass is 16.5. The van der Waals surface area contributed by atoms with Gasteiger partial charge in [-0.3, -0.25) is 10.1 Å². The average molecular weight is 293 g/mol. The predicted molar refractivity (Wildman–Crippen MR) is 77.5 cm³/mol. The first kappa shape index (κ1) is 12.5. The second-order valence-corrected chi connectivity index (χ2v) is 4.74. The molecule has 0 fully saturated rings. The molecule has 0 bridgehead atoms. The minimum atomic E-state index is 0.369. The molecule has 0 atom stereocenters. The highest BCUT2D eigenvalue weighted by Gasteiger charge is 2.15. The van der Waals surface area contributed by atoms with Gasteiger partial charge in [-0.1, -0.05) is 5.16 Å². The molecule has 1 N–H and O–H groups in total. The summed E-state index contributed by atoms with van der Waals surface area (Å²) in [5.41, 5.74) is 2.16. The lowest BCUT2D eigenvalue weighted by Crippen LogP contribution is -1.81. The maximum Gasteiger partial charge on any atom is 0.276 e. The quantitative estimate of drug-likeness (QED) is 0.623. The number of aromatic amines is 1. The van der Waals surface area contributed by atoms with Crippen LogP contribution in [0, 0.1) is 6.92 Å². The number of pyridine rings is 1. The first-order chi connectivity index (χ1) is 10.8. The molecule has 4 aromatic heterocycles. The molecule has 0 spiro atoms. The number of hydrogen-bond acceptors (Lipinski definition) is 6. The Balaban J connectivity index is 1.66. The lowest BCUT2D eigenvalue weighted by Gasteiger charge is -1.89. The van der Waals surface area contributed by atoms with Crippen LogP contribution in [0.5, 0.6) is 0 Å². The van der Waals surface area contributed by atoms with Crippen molar-refractivity contribution < 1.29 is 8.94 Å². The van der Waals surface area contributed by atoms with Gasteiger partial charge in [0.2, 0.25) is 5.82 Å². The van der Waals surface area contributed by atoms with Crippen molar-refractivity contribution in [2.45, 2.75) is 6.92 Å². The van der Waals surface area contributed by atoms with Crippen LogP contribution in [0.3, 0.4) is 0 Å². The van der Waals surface area contributed by atoms with Crippen molar-refractivity contribution in [2.24, 2.45) is 0 Å². The van der Waals surface area contributed by atoms with E-state index in [9.17, 15) is 0 Å². The van der Waals surface area contributed by atoms with E-state index in [1.54, 1.807) is 12.4 Å². The fourth-order valence-corrected chi connectivity index (χ4v) is 2.08. The summed E-state index contributed by atoms with van der Waals surface area (Å²) in [4.78, 5) is 8.32. The Hall–Kier alpha value is -3.22. The van der Waals surface area contributed by atoms with Gasteiger partial charge < -0.3 is 8.94 Å². The third kappa shape index (κ3) is 2.18.